The van der Waals surface area contributed by atoms with Crippen LogP contribution >= 0.6 is 0 Å². The molecule has 15 nitrogen and oxygen atoms in total. The Labute approximate surface area is 411 Å². The summed E-state index contributed by atoms with van der Waals surface area (Å²) < 4.78 is 16.5. The molecule has 0 bridgehead atoms. The lowest BCUT2D eigenvalue weighted by Gasteiger charge is -2.18. The molecule has 0 aliphatic carbocycles. The molecule has 72 heavy (non-hydrogen) atoms. The van der Waals surface area contributed by atoms with Crippen LogP contribution in [0.4, 0.5) is 17.1 Å². The third-order valence-electron chi connectivity index (χ3n) is 12.2. The van der Waals surface area contributed by atoms with Gasteiger partial charge in [0.2, 0.25) is 0 Å². The number of methoxy groups -OCH3 is 3. The number of amides is 3. The smallest absolute Gasteiger partial charge is 0.259 e. The average Bonchev–Trinajstić information content (AvgIpc) is 3.40. The first-order valence-corrected chi connectivity index (χ1v) is 22.4. The SMILES string of the molecule is COc1ccccc1NC(=O)c1cc2ccccc2c(-c2nc(-c3c(O)c(C(=O)Nc4ccccc4OC)cc4ccccc34)nc(-c3c(O)c(C(=O)Nc4ccccc4OC)cc4ccccc34)n2)c1O. The third kappa shape index (κ3) is 8.36. The lowest BCUT2D eigenvalue weighted by molar-refractivity contribution is 0.101. The Morgan fingerprint density at radius 1 is 0.375 bits per heavy atom. The minimum absolute atomic E-state index is 0.00842. The highest BCUT2D eigenvalue weighted by Crippen LogP contribution is 2.45. The van der Waals surface area contributed by atoms with Gasteiger partial charge >= 0.3 is 0 Å². The van der Waals surface area contributed by atoms with Crippen molar-refractivity contribution in [2.45, 2.75) is 0 Å². The number of para-hydroxylation sites is 6. The molecule has 0 spiro atoms. The first kappa shape index (κ1) is 45.7. The van der Waals surface area contributed by atoms with E-state index < -0.39 is 35.0 Å². The molecule has 15 heteroatoms. The lowest BCUT2D eigenvalue weighted by Crippen LogP contribution is -2.14. The summed E-state index contributed by atoms with van der Waals surface area (Å²) >= 11 is 0. The number of anilines is 3. The van der Waals surface area contributed by atoms with Crippen molar-refractivity contribution < 1.29 is 43.9 Å². The van der Waals surface area contributed by atoms with Gasteiger partial charge < -0.3 is 45.5 Å². The summed E-state index contributed by atoms with van der Waals surface area (Å²) in [5.74, 6) is -3.04. The van der Waals surface area contributed by atoms with Gasteiger partial charge in [-0.3, -0.25) is 14.4 Å². The van der Waals surface area contributed by atoms with Crippen molar-refractivity contribution in [1.82, 2.24) is 15.0 Å². The molecule has 0 saturated carbocycles. The van der Waals surface area contributed by atoms with E-state index in [4.69, 9.17) is 29.2 Å². The Balaban J connectivity index is 1.25. The second-order valence-electron chi connectivity index (χ2n) is 16.4. The molecule has 354 valence electrons. The van der Waals surface area contributed by atoms with Crippen LogP contribution in [0.25, 0.3) is 66.5 Å². The van der Waals surface area contributed by atoms with Crippen molar-refractivity contribution in [2.75, 3.05) is 37.3 Å². The van der Waals surface area contributed by atoms with E-state index in [2.05, 4.69) is 16.0 Å². The maximum absolute atomic E-state index is 14.3. The highest BCUT2D eigenvalue weighted by atomic mass is 16.5. The fourth-order valence-electron chi connectivity index (χ4n) is 8.73. The van der Waals surface area contributed by atoms with Crippen LogP contribution in [0, 0.1) is 0 Å². The molecule has 10 aromatic rings. The van der Waals surface area contributed by atoms with Gasteiger partial charge in [0.25, 0.3) is 17.7 Å². The number of phenols is 3. The maximum atomic E-state index is 14.3. The molecule has 3 amide bonds. The van der Waals surface area contributed by atoms with E-state index in [0.717, 1.165) is 0 Å². The van der Waals surface area contributed by atoms with Crippen molar-refractivity contribution in [1.29, 1.82) is 0 Å². The predicted molar refractivity (Wildman–Crippen MR) is 276 cm³/mol. The maximum Gasteiger partial charge on any atom is 0.259 e. The lowest BCUT2D eigenvalue weighted by atomic mass is 9.96. The number of fused-ring (bicyclic) bond motifs is 3. The summed E-state index contributed by atoms with van der Waals surface area (Å²) in [6, 6.07) is 46.1. The zero-order chi connectivity index (χ0) is 50.0. The zero-order valence-corrected chi connectivity index (χ0v) is 38.7. The topological polar surface area (TPSA) is 214 Å². The van der Waals surface area contributed by atoms with E-state index in [1.54, 1.807) is 146 Å². The van der Waals surface area contributed by atoms with E-state index in [1.807, 2.05) is 0 Å². The number of aromatic hydroxyl groups is 3. The molecule has 6 N–H and O–H groups in total. The average molecular weight is 955 g/mol. The van der Waals surface area contributed by atoms with Crippen LogP contribution in [0.1, 0.15) is 31.1 Å². The highest BCUT2D eigenvalue weighted by Gasteiger charge is 2.29. The number of nitrogens with one attached hydrogen (secondary N) is 3. The third-order valence-corrected chi connectivity index (χ3v) is 12.2. The number of rotatable bonds is 12. The monoisotopic (exact) mass is 954 g/mol. The van der Waals surface area contributed by atoms with Crippen molar-refractivity contribution >= 4 is 67.1 Å². The molecule has 0 radical (unpaired) electrons. The van der Waals surface area contributed by atoms with Crippen LogP contribution in [0.3, 0.4) is 0 Å². The van der Waals surface area contributed by atoms with Crippen LogP contribution in [-0.2, 0) is 0 Å². The van der Waals surface area contributed by atoms with E-state index >= 15 is 0 Å². The quantitative estimate of drug-likeness (QED) is 0.0675. The minimum Gasteiger partial charge on any atom is -0.506 e. The summed E-state index contributed by atoms with van der Waals surface area (Å²) in [7, 11) is 4.42. The number of hydrogen-bond acceptors (Lipinski definition) is 12. The zero-order valence-electron chi connectivity index (χ0n) is 38.7. The Kier molecular flexibility index (Phi) is 12.2. The molecule has 0 aliphatic rings. The number of nitrogens with zero attached hydrogens (tertiary/aromatic N) is 3. The first-order chi connectivity index (χ1) is 35.1. The van der Waals surface area contributed by atoms with Crippen LogP contribution in [-0.4, -0.2) is 69.3 Å². The fourth-order valence-corrected chi connectivity index (χ4v) is 8.73. The summed E-state index contributed by atoms with van der Waals surface area (Å²) in [4.78, 5) is 57.8. The van der Waals surface area contributed by atoms with Gasteiger partial charge in [0.15, 0.2) is 17.5 Å². The Morgan fingerprint density at radius 3 is 0.903 bits per heavy atom. The van der Waals surface area contributed by atoms with Gasteiger partial charge in [0.05, 0.1) is 71.8 Å². The van der Waals surface area contributed by atoms with Crippen LogP contribution in [0.5, 0.6) is 34.5 Å². The number of phenolic OH excluding ortho intramolecular Hbond substituents is 3. The molecule has 1 heterocycles. The molecular formula is C57H42N6O9. The molecule has 9 aromatic carbocycles. The number of aromatic nitrogens is 3. The largest absolute Gasteiger partial charge is 0.506 e. The number of carbonyl (C=O) groups is 3. The number of hydrogen-bond donors (Lipinski definition) is 6. The van der Waals surface area contributed by atoms with Crippen molar-refractivity contribution in [2.24, 2.45) is 0 Å². The summed E-state index contributed by atoms with van der Waals surface area (Å²) in [5.41, 5.74) is 0.565. The predicted octanol–water partition coefficient (Wildman–Crippen LogP) is 11.2. The van der Waals surface area contributed by atoms with Gasteiger partial charge in [0, 0.05) is 0 Å². The fraction of sp³-hybridized carbons (Fsp3) is 0.0526. The first-order valence-electron chi connectivity index (χ1n) is 22.4. The van der Waals surface area contributed by atoms with Gasteiger partial charge in [-0.05, 0) is 86.9 Å². The summed E-state index contributed by atoms with van der Waals surface area (Å²) in [5, 5.41) is 48.8. The van der Waals surface area contributed by atoms with E-state index in [1.165, 1.54) is 39.5 Å². The van der Waals surface area contributed by atoms with Gasteiger partial charge in [0.1, 0.15) is 34.5 Å². The number of ether oxygens (including phenoxy) is 3. The van der Waals surface area contributed by atoms with Crippen LogP contribution in [0.15, 0.2) is 164 Å². The minimum atomic E-state index is -0.687. The van der Waals surface area contributed by atoms with Gasteiger partial charge in [-0.15, -0.1) is 0 Å². The molecule has 0 saturated heterocycles. The number of carbonyl (C=O) groups excluding carboxylic acids is 3. The van der Waals surface area contributed by atoms with Crippen molar-refractivity contribution in [3.8, 4) is 68.7 Å². The molecule has 0 unspecified atom stereocenters. The van der Waals surface area contributed by atoms with Crippen molar-refractivity contribution in [3.63, 3.8) is 0 Å². The Morgan fingerprint density at radius 2 is 0.625 bits per heavy atom. The van der Waals surface area contributed by atoms with Gasteiger partial charge in [-0.1, -0.05) is 109 Å². The van der Waals surface area contributed by atoms with E-state index in [0.29, 0.717) is 66.6 Å². The molecule has 0 aliphatic heterocycles. The second-order valence-corrected chi connectivity index (χ2v) is 16.4. The van der Waals surface area contributed by atoms with Gasteiger partial charge in [-0.25, -0.2) is 15.0 Å². The van der Waals surface area contributed by atoms with E-state index in [-0.39, 0.29) is 50.9 Å². The molecule has 1 aromatic heterocycles. The van der Waals surface area contributed by atoms with E-state index in [9.17, 15) is 29.7 Å². The number of benzene rings is 9. The normalized spacial score (nSPS) is 11.0. The standard InChI is InChI=1S/C57H42N6O9/c1-70-43-25-13-10-22-40(43)58-55(67)37-28-31-16-4-7-19-34(31)46(49(37)64)52-61-53(47-35-20-8-5-17-32(35)29-38(50(47)65)56(68)59-41-23-11-14-26-44(41)71-2)63-54(62-52)48-36-21-9-6-18-33(36)30-39(51(48)66)57(69)60-42-24-12-15-27-45(42)72-3/h4-30,64-66H,1-3H3,(H,58,67)(H,59,68)(H,60,69). The molecule has 0 fully saturated rings. The van der Waals surface area contributed by atoms with Crippen LogP contribution in [0.2, 0.25) is 0 Å². The van der Waals surface area contributed by atoms with Crippen molar-refractivity contribution in [3.05, 3.63) is 180 Å². The molecule has 0 atom stereocenters. The summed E-state index contributed by atoms with van der Waals surface area (Å²) in [6.07, 6.45) is 0. The second kappa shape index (κ2) is 19.2. The molecular weight excluding hydrogens is 913 g/mol. The summed E-state index contributed by atoms with van der Waals surface area (Å²) in [6.45, 7) is 0. The Bertz CT molecular complexity index is 3420. The van der Waals surface area contributed by atoms with Crippen LogP contribution < -0.4 is 30.2 Å². The highest BCUT2D eigenvalue weighted by molar-refractivity contribution is 6.16. The van der Waals surface area contributed by atoms with Gasteiger partial charge in [-0.2, -0.15) is 0 Å². The molecule has 10 rings (SSSR count). The Hall–Kier alpha value is -10.0.